The molecule has 146 valence electrons. The molecule has 1 aliphatic rings. The lowest BCUT2D eigenvalue weighted by Crippen LogP contribution is -2.40. The van der Waals surface area contributed by atoms with Crippen molar-refractivity contribution in [2.24, 2.45) is 20.0 Å². The Bertz CT molecular complexity index is 951. The average Bonchev–Trinajstić information content (AvgIpc) is 3.35. The van der Waals surface area contributed by atoms with Crippen molar-refractivity contribution in [3.8, 4) is 11.3 Å². The number of nitrogens with zero attached hydrogens (tertiary/aromatic N) is 5. The second kappa shape index (κ2) is 7.59. The maximum atomic E-state index is 12.9. The van der Waals surface area contributed by atoms with Crippen LogP contribution in [-0.2, 0) is 14.1 Å². The van der Waals surface area contributed by atoms with Crippen LogP contribution in [0.15, 0.2) is 49.2 Å². The van der Waals surface area contributed by atoms with E-state index in [9.17, 15) is 9.90 Å². The summed E-state index contributed by atoms with van der Waals surface area (Å²) in [7, 11) is 3.84. The first-order valence-electron chi connectivity index (χ1n) is 9.56. The zero-order chi connectivity index (χ0) is 19.7. The number of aromatic nitrogens is 4. The molecular formula is C21H25N5O2. The summed E-state index contributed by atoms with van der Waals surface area (Å²) in [5.74, 6) is 0.856. The minimum atomic E-state index is -0.588. The van der Waals surface area contributed by atoms with Crippen LogP contribution in [0.4, 0.5) is 0 Å². The predicted octanol–water partition coefficient (Wildman–Crippen LogP) is 2.41. The van der Waals surface area contributed by atoms with Gasteiger partial charge >= 0.3 is 0 Å². The number of hydrogen-bond acceptors (Lipinski definition) is 4. The van der Waals surface area contributed by atoms with Gasteiger partial charge in [0.15, 0.2) is 0 Å². The van der Waals surface area contributed by atoms with Gasteiger partial charge in [-0.3, -0.25) is 4.79 Å². The fourth-order valence-corrected chi connectivity index (χ4v) is 3.89. The quantitative estimate of drug-likeness (QED) is 0.755. The summed E-state index contributed by atoms with van der Waals surface area (Å²) in [4.78, 5) is 23.1. The average molecular weight is 379 g/mol. The van der Waals surface area contributed by atoms with Gasteiger partial charge in [0.2, 0.25) is 0 Å². The monoisotopic (exact) mass is 379 g/mol. The number of imidazole rings is 2. The second-order valence-electron chi connectivity index (χ2n) is 7.44. The highest BCUT2D eigenvalue weighted by Crippen LogP contribution is 2.30. The van der Waals surface area contributed by atoms with Crippen LogP contribution in [0, 0.1) is 5.92 Å². The summed E-state index contributed by atoms with van der Waals surface area (Å²) in [6.45, 7) is 1.29. The number of rotatable bonds is 4. The van der Waals surface area contributed by atoms with Gasteiger partial charge in [0.1, 0.15) is 11.9 Å². The number of amides is 1. The van der Waals surface area contributed by atoms with Gasteiger partial charge in [-0.25, -0.2) is 9.97 Å². The Morgan fingerprint density at radius 2 is 1.86 bits per heavy atom. The zero-order valence-electron chi connectivity index (χ0n) is 16.2. The molecule has 3 aromatic rings. The van der Waals surface area contributed by atoms with Gasteiger partial charge in [0.25, 0.3) is 5.91 Å². The van der Waals surface area contributed by atoms with Gasteiger partial charge < -0.3 is 19.1 Å². The van der Waals surface area contributed by atoms with Crippen LogP contribution in [0.2, 0.25) is 0 Å². The fourth-order valence-electron chi connectivity index (χ4n) is 3.89. The first-order valence-corrected chi connectivity index (χ1v) is 9.56. The molecular weight excluding hydrogens is 354 g/mol. The molecule has 1 unspecified atom stereocenters. The molecule has 4 rings (SSSR count). The molecule has 1 aromatic carbocycles. The number of carbonyl (C=O) groups is 1. The third-order valence-electron chi connectivity index (χ3n) is 5.64. The Morgan fingerprint density at radius 1 is 1.14 bits per heavy atom. The van der Waals surface area contributed by atoms with Crippen molar-refractivity contribution in [1.29, 1.82) is 0 Å². The summed E-state index contributed by atoms with van der Waals surface area (Å²) in [5, 5.41) is 10.6. The van der Waals surface area contributed by atoms with Gasteiger partial charge in [0.05, 0.1) is 18.2 Å². The van der Waals surface area contributed by atoms with Crippen LogP contribution >= 0.6 is 0 Å². The zero-order valence-corrected chi connectivity index (χ0v) is 16.2. The lowest BCUT2D eigenvalue weighted by Gasteiger charge is -2.34. The van der Waals surface area contributed by atoms with Crippen molar-refractivity contribution in [3.05, 3.63) is 60.6 Å². The third kappa shape index (κ3) is 3.45. The second-order valence-corrected chi connectivity index (χ2v) is 7.44. The summed E-state index contributed by atoms with van der Waals surface area (Å²) in [5.41, 5.74) is 2.74. The molecule has 7 heteroatoms. The molecule has 1 amide bonds. The lowest BCUT2D eigenvalue weighted by atomic mass is 9.90. The van der Waals surface area contributed by atoms with E-state index in [4.69, 9.17) is 0 Å². The summed E-state index contributed by atoms with van der Waals surface area (Å²) < 4.78 is 3.81. The van der Waals surface area contributed by atoms with Crippen molar-refractivity contribution in [3.63, 3.8) is 0 Å². The Morgan fingerprint density at radius 3 is 2.43 bits per heavy atom. The van der Waals surface area contributed by atoms with Crippen LogP contribution < -0.4 is 0 Å². The number of aryl methyl sites for hydroxylation is 2. The van der Waals surface area contributed by atoms with Crippen LogP contribution in [0.5, 0.6) is 0 Å². The number of carbonyl (C=O) groups excluding carboxylic acids is 1. The van der Waals surface area contributed by atoms with Crippen molar-refractivity contribution in [1.82, 2.24) is 24.0 Å². The number of aliphatic hydroxyl groups is 1. The highest BCUT2D eigenvalue weighted by Gasteiger charge is 2.30. The molecule has 0 bridgehead atoms. The van der Waals surface area contributed by atoms with Gasteiger partial charge in [-0.1, -0.05) is 12.1 Å². The first-order chi connectivity index (χ1) is 13.5. The Balaban J connectivity index is 1.39. The maximum absolute atomic E-state index is 12.9. The smallest absolute Gasteiger partial charge is 0.253 e. The van der Waals surface area contributed by atoms with Crippen LogP contribution in [0.3, 0.4) is 0 Å². The minimum absolute atomic E-state index is 0.0430. The van der Waals surface area contributed by atoms with E-state index >= 15 is 0 Å². The van der Waals surface area contributed by atoms with Crippen molar-refractivity contribution >= 4 is 5.91 Å². The van der Waals surface area contributed by atoms with E-state index in [1.165, 1.54) is 0 Å². The molecule has 0 radical (unpaired) electrons. The molecule has 0 spiro atoms. The summed E-state index contributed by atoms with van der Waals surface area (Å²) in [6.07, 6.45) is 8.07. The molecule has 1 aliphatic heterocycles. The predicted molar refractivity (Wildman–Crippen MR) is 105 cm³/mol. The Hall–Kier alpha value is -2.93. The molecule has 1 fully saturated rings. The van der Waals surface area contributed by atoms with Crippen LogP contribution in [-0.4, -0.2) is 48.1 Å². The van der Waals surface area contributed by atoms with Crippen molar-refractivity contribution < 1.29 is 9.90 Å². The van der Waals surface area contributed by atoms with Crippen molar-refractivity contribution in [2.75, 3.05) is 13.1 Å². The number of benzene rings is 1. The molecule has 3 heterocycles. The van der Waals surface area contributed by atoms with E-state index in [0.717, 1.165) is 24.1 Å². The first kappa shape index (κ1) is 18.4. The van der Waals surface area contributed by atoms with E-state index in [1.807, 2.05) is 64.8 Å². The molecule has 1 atom stereocenters. The van der Waals surface area contributed by atoms with Gasteiger partial charge in [-0.15, -0.1) is 0 Å². The van der Waals surface area contributed by atoms with Gasteiger partial charge in [-0.2, -0.15) is 0 Å². The summed E-state index contributed by atoms with van der Waals surface area (Å²) >= 11 is 0. The third-order valence-corrected chi connectivity index (χ3v) is 5.64. The van der Waals surface area contributed by atoms with Crippen LogP contribution in [0.1, 0.15) is 35.1 Å². The molecule has 28 heavy (non-hydrogen) atoms. The number of likely N-dealkylation sites (tertiary alicyclic amines) is 1. The van der Waals surface area contributed by atoms with E-state index in [-0.39, 0.29) is 11.8 Å². The van der Waals surface area contributed by atoms with E-state index in [0.29, 0.717) is 24.5 Å². The maximum Gasteiger partial charge on any atom is 0.253 e. The molecule has 1 saturated heterocycles. The van der Waals surface area contributed by atoms with Crippen molar-refractivity contribution in [2.45, 2.75) is 18.9 Å². The fraction of sp³-hybridized carbons (Fsp3) is 0.381. The molecule has 1 N–H and O–H groups in total. The highest BCUT2D eigenvalue weighted by atomic mass is 16.3. The lowest BCUT2D eigenvalue weighted by molar-refractivity contribution is 0.0420. The number of aliphatic hydroxyl groups excluding tert-OH is 1. The Kier molecular flexibility index (Phi) is 5.00. The SMILES string of the molecule is Cn1cncc1-c1ccc(C(=O)N2CCC(C(O)c3nccn3C)CC2)cc1. The standard InChI is InChI=1S/C21H25N5O2/c1-24-12-9-23-20(24)19(27)16-7-10-26(11-8-16)21(28)17-5-3-15(4-6-17)18-13-22-14-25(18)2/h3-6,9,12-14,16,19,27H,7-8,10-11H2,1-2H3. The van der Waals surface area contributed by atoms with E-state index < -0.39 is 6.10 Å². The molecule has 0 aliphatic carbocycles. The molecule has 2 aromatic heterocycles. The minimum Gasteiger partial charge on any atom is -0.385 e. The number of hydrogen-bond donors (Lipinski definition) is 1. The van der Waals surface area contributed by atoms with Crippen LogP contribution in [0.25, 0.3) is 11.3 Å². The molecule has 0 saturated carbocycles. The van der Waals surface area contributed by atoms with Gasteiger partial charge in [0, 0.05) is 45.1 Å². The Labute approximate surface area is 164 Å². The number of piperidine rings is 1. The highest BCUT2D eigenvalue weighted by molar-refractivity contribution is 5.94. The normalized spacial score (nSPS) is 16.3. The van der Waals surface area contributed by atoms with E-state index in [2.05, 4.69) is 9.97 Å². The largest absolute Gasteiger partial charge is 0.385 e. The van der Waals surface area contributed by atoms with Gasteiger partial charge in [-0.05, 0) is 36.5 Å². The van der Waals surface area contributed by atoms with E-state index in [1.54, 1.807) is 12.5 Å². The topological polar surface area (TPSA) is 76.2 Å². The molecule has 7 nitrogen and oxygen atoms in total. The summed E-state index contributed by atoms with van der Waals surface area (Å²) in [6, 6.07) is 7.67.